The highest BCUT2D eigenvalue weighted by Gasteiger charge is 2.16. The molecule has 0 bridgehead atoms. The van der Waals surface area contributed by atoms with E-state index in [2.05, 4.69) is 10.3 Å². The molecule has 112 valence electrons. The maximum absolute atomic E-state index is 13.4. The van der Waals surface area contributed by atoms with E-state index in [0.717, 1.165) is 24.5 Å². The highest BCUT2D eigenvalue weighted by Crippen LogP contribution is 2.26. The second-order valence-corrected chi connectivity index (χ2v) is 4.86. The Kier molecular flexibility index (Phi) is 3.50. The third-order valence-corrected chi connectivity index (χ3v) is 3.29. The van der Waals surface area contributed by atoms with Crippen molar-refractivity contribution in [3.63, 3.8) is 0 Å². The first kappa shape index (κ1) is 14.4. The van der Waals surface area contributed by atoms with Crippen molar-refractivity contribution in [3.8, 4) is 0 Å². The third kappa shape index (κ3) is 2.50. The molecule has 0 radical (unpaired) electrons. The molecule has 0 aliphatic heterocycles. The quantitative estimate of drug-likeness (QED) is 0.577. The molecule has 0 saturated carbocycles. The molecule has 0 fully saturated rings. The largest absolute Gasteiger partial charge is 0.710 e. The molecule has 0 aliphatic carbocycles. The molecule has 0 unspecified atom stereocenters. The van der Waals surface area contributed by atoms with Gasteiger partial charge in [0, 0.05) is 11.8 Å². The van der Waals surface area contributed by atoms with Gasteiger partial charge in [-0.1, -0.05) is 11.6 Å². The first-order chi connectivity index (χ1) is 10.5. The number of nitrogens with one attached hydrogen (secondary N) is 1. The van der Waals surface area contributed by atoms with Crippen LogP contribution in [0.3, 0.4) is 0 Å². The molecule has 1 aromatic heterocycles. The van der Waals surface area contributed by atoms with E-state index in [1.54, 1.807) is 0 Å². The zero-order chi connectivity index (χ0) is 15.9. The Morgan fingerprint density at radius 2 is 1.77 bits per heavy atom. The van der Waals surface area contributed by atoms with Crippen molar-refractivity contribution in [2.24, 2.45) is 0 Å². The number of hydrogen-bond donors (Lipinski definition) is 1. The van der Waals surface area contributed by atoms with Crippen molar-refractivity contribution < 1.29 is 17.9 Å². The fourth-order valence-electron chi connectivity index (χ4n) is 1.96. The van der Waals surface area contributed by atoms with Gasteiger partial charge >= 0.3 is 0 Å². The summed E-state index contributed by atoms with van der Waals surface area (Å²) in [6.45, 7) is 0. The highest BCUT2D eigenvalue weighted by atomic mass is 35.5. The first-order valence-electron chi connectivity index (χ1n) is 6.04. The van der Waals surface area contributed by atoms with E-state index >= 15 is 0 Å². The minimum absolute atomic E-state index is 0.0804. The van der Waals surface area contributed by atoms with Crippen molar-refractivity contribution in [1.82, 2.24) is 4.98 Å². The standard InChI is InChI=1S/C14H7ClF3N3O/c15-9-3-7(1-2-10(9)16)20-14-8-4-11(17)12(18)5-13(8)21(22)6-19-14/h1-6H,(H,19,20). The van der Waals surface area contributed by atoms with Crippen LogP contribution in [0.25, 0.3) is 10.9 Å². The molecule has 0 spiro atoms. The van der Waals surface area contributed by atoms with Gasteiger partial charge in [-0.3, -0.25) is 0 Å². The van der Waals surface area contributed by atoms with Crippen LogP contribution in [0.1, 0.15) is 0 Å². The molecule has 0 aliphatic rings. The average Bonchev–Trinajstić information content (AvgIpc) is 2.48. The predicted octanol–water partition coefficient (Wildman–Crippen LogP) is 3.68. The molecule has 3 aromatic rings. The Balaban J connectivity index is 2.12. The second-order valence-electron chi connectivity index (χ2n) is 4.46. The highest BCUT2D eigenvalue weighted by molar-refractivity contribution is 6.31. The SMILES string of the molecule is [O-][n+]1cnc(Nc2ccc(F)c(Cl)c2)c2cc(F)c(F)cc21. The number of aromatic nitrogens is 2. The topological polar surface area (TPSA) is 51.9 Å². The van der Waals surface area contributed by atoms with Crippen molar-refractivity contribution >= 4 is 34.0 Å². The van der Waals surface area contributed by atoms with Gasteiger partial charge in [-0.25, -0.2) is 17.9 Å². The van der Waals surface area contributed by atoms with E-state index < -0.39 is 17.5 Å². The zero-order valence-corrected chi connectivity index (χ0v) is 11.5. The summed E-state index contributed by atoms with van der Waals surface area (Å²) >= 11 is 5.67. The molecule has 3 rings (SSSR count). The van der Waals surface area contributed by atoms with Crippen LogP contribution < -0.4 is 10.0 Å². The fraction of sp³-hybridized carbons (Fsp3) is 0. The van der Waals surface area contributed by atoms with E-state index in [1.165, 1.54) is 12.1 Å². The Morgan fingerprint density at radius 1 is 1.05 bits per heavy atom. The molecule has 8 heteroatoms. The maximum atomic E-state index is 13.4. The smallest absolute Gasteiger partial charge is 0.292 e. The number of halogens is 4. The fourth-order valence-corrected chi connectivity index (χ4v) is 2.14. The van der Waals surface area contributed by atoms with Crippen LogP contribution in [0, 0.1) is 22.7 Å². The van der Waals surface area contributed by atoms with E-state index in [1.807, 2.05) is 0 Å². The lowest BCUT2D eigenvalue weighted by Crippen LogP contribution is -2.28. The van der Waals surface area contributed by atoms with Crippen LogP contribution in [0.4, 0.5) is 24.7 Å². The van der Waals surface area contributed by atoms with Gasteiger partial charge < -0.3 is 10.5 Å². The lowest BCUT2D eigenvalue weighted by molar-refractivity contribution is -0.580. The Morgan fingerprint density at radius 3 is 2.50 bits per heavy atom. The summed E-state index contributed by atoms with van der Waals surface area (Å²) in [4.78, 5) is 3.84. The Bertz CT molecular complexity index is 889. The zero-order valence-electron chi connectivity index (χ0n) is 10.8. The Hall–Kier alpha value is -2.54. The van der Waals surface area contributed by atoms with Crippen molar-refractivity contribution in [1.29, 1.82) is 0 Å². The second kappa shape index (κ2) is 5.34. The van der Waals surface area contributed by atoms with Gasteiger partial charge in [0.25, 0.3) is 12.1 Å². The minimum atomic E-state index is -1.14. The number of anilines is 2. The third-order valence-electron chi connectivity index (χ3n) is 3.01. The number of fused-ring (bicyclic) bond motifs is 1. The predicted molar refractivity (Wildman–Crippen MR) is 75.3 cm³/mol. The van der Waals surface area contributed by atoms with Crippen LogP contribution in [0.2, 0.25) is 5.02 Å². The molecule has 0 atom stereocenters. The average molecular weight is 326 g/mol. The van der Waals surface area contributed by atoms with E-state index in [9.17, 15) is 18.4 Å². The van der Waals surface area contributed by atoms with Gasteiger partial charge in [-0.2, -0.15) is 0 Å². The van der Waals surface area contributed by atoms with Crippen molar-refractivity contribution in [2.45, 2.75) is 0 Å². The van der Waals surface area contributed by atoms with Crippen LogP contribution in [0.15, 0.2) is 36.7 Å². The molecule has 0 saturated heterocycles. The molecular weight excluding hydrogens is 319 g/mol. The van der Waals surface area contributed by atoms with Crippen LogP contribution in [-0.4, -0.2) is 4.98 Å². The van der Waals surface area contributed by atoms with Gasteiger partial charge in [0.2, 0.25) is 0 Å². The number of hydrogen-bond acceptors (Lipinski definition) is 3. The summed E-state index contributed by atoms with van der Waals surface area (Å²) in [6, 6.07) is 5.49. The normalized spacial score (nSPS) is 10.9. The first-order valence-corrected chi connectivity index (χ1v) is 6.42. The van der Waals surface area contributed by atoms with Gasteiger partial charge in [-0.15, -0.1) is 0 Å². The van der Waals surface area contributed by atoms with E-state index in [-0.39, 0.29) is 21.7 Å². The van der Waals surface area contributed by atoms with Crippen LogP contribution in [0.5, 0.6) is 0 Å². The van der Waals surface area contributed by atoms with E-state index in [4.69, 9.17) is 11.6 Å². The molecule has 2 aromatic carbocycles. The van der Waals surface area contributed by atoms with Gasteiger partial charge in [0.15, 0.2) is 11.6 Å². The molecule has 4 nitrogen and oxygen atoms in total. The van der Waals surface area contributed by atoms with Gasteiger partial charge in [0.05, 0.1) is 10.4 Å². The number of nitrogens with zero attached hydrogens (tertiary/aromatic N) is 2. The molecular formula is C14H7ClF3N3O. The lowest BCUT2D eigenvalue weighted by atomic mass is 10.2. The van der Waals surface area contributed by atoms with Crippen molar-refractivity contribution in [2.75, 3.05) is 5.32 Å². The minimum Gasteiger partial charge on any atom is -0.710 e. The number of rotatable bonds is 2. The van der Waals surface area contributed by atoms with Crippen LogP contribution >= 0.6 is 11.6 Å². The monoisotopic (exact) mass is 325 g/mol. The summed E-state index contributed by atoms with van der Waals surface area (Å²) < 4.78 is 40.1. The van der Waals surface area contributed by atoms with Crippen molar-refractivity contribution in [3.05, 3.63) is 64.3 Å². The number of benzene rings is 2. The summed E-state index contributed by atoms with van der Waals surface area (Å²) in [5.74, 6) is -2.73. The Labute approximate surface area is 127 Å². The maximum Gasteiger partial charge on any atom is 0.292 e. The summed E-state index contributed by atoms with van der Waals surface area (Å²) in [5, 5.41) is 14.4. The molecule has 1 N–H and O–H groups in total. The molecule has 22 heavy (non-hydrogen) atoms. The molecule has 0 amide bonds. The van der Waals surface area contributed by atoms with Gasteiger partial charge in [-0.05, 0) is 29.2 Å². The summed E-state index contributed by atoms with van der Waals surface area (Å²) in [5.41, 5.74) is 0.290. The van der Waals surface area contributed by atoms with Gasteiger partial charge in [0.1, 0.15) is 11.3 Å². The summed E-state index contributed by atoms with van der Waals surface area (Å²) in [6.07, 6.45) is 0.910. The summed E-state index contributed by atoms with van der Waals surface area (Å²) in [7, 11) is 0. The van der Waals surface area contributed by atoms with E-state index in [0.29, 0.717) is 10.4 Å². The van der Waals surface area contributed by atoms with Crippen LogP contribution in [-0.2, 0) is 0 Å². The molecule has 1 heterocycles. The lowest BCUT2D eigenvalue weighted by Gasteiger charge is -2.09.